The SMILES string of the molecule is CCNC(C)CCNC(CC)c1nccs1. The van der Waals surface area contributed by atoms with Crippen LogP contribution in [0.25, 0.3) is 0 Å². The van der Waals surface area contributed by atoms with Gasteiger partial charge in [-0.3, -0.25) is 0 Å². The summed E-state index contributed by atoms with van der Waals surface area (Å²) in [7, 11) is 0. The molecule has 4 heteroatoms. The minimum atomic E-state index is 0.425. The van der Waals surface area contributed by atoms with E-state index in [0.717, 1.165) is 25.9 Å². The maximum atomic E-state index is 4.36. The second kappa shape index (κ2) is 7.76. The van der Waals surface area contributed by atoms with Crippen molar-refractivity contribution in [2.75, 3.05) is 13.1 Å². The minimum absolute atomic E-state index is 0.425. The Morgan fingerprint density at radius 3 is 2.75 bits per heavy atom. The number of nitrogens with zero attached hydrogens (tertiary/aromatic N) is 1. The van der Waals surface area contributed by atoms with E-state index in [2.05, 4.69) is 36.4 Å². The molecule has 0 saturated heterocycles. The first-order chi connectivity index (χ1) is 7.77. The Kier molecular flexibility index (Phi) is 6.61. The Balaban J connectivity index is 2.25. The molecule has 92 valence electrons. The van der Waals surface area contributed by atoms with E-state index in [1.807, 2.05) is 11.6 Å². The first kappa shape index (κ1) is 13.6. The predicted molar refractivity (Wildman–Crippen MR) is 70.9 cm³/mol. The molecule has 1 aromatic rings. The standard InChI is InChI=1S/C12H23N3S/c1-4-11(12-15-8-9-16-12)14-7-6-10(3)13-5-2/h8-11,13-14H,4-7H2,1-3H3. The summed E-state index contributed by atoms with van der Waals surface area (Å²) in [4.78, 5) is 4.36. The van der Waals surface area contributed by atoms with Crippen LogP contribution in [0.5, 0.6) is 0 Å². The van der Waals surface area contributed by atoms with Crippen LogP contribution in [0.1, 0.15) is 44.7 Å². The van der Waals surface area contributed by atoms with Crippen LogP contribution in [0.4, 0.5) is 0 Å². The zero-order chi connectivity index (χ0) is 11.8. The van der Waals surface area contributed by atoms with Gasteiger partial charge in [0.25, 0.3) is 0 Å². The third kappa shape index (κ3) is 4.60. The number of thiazole rings is 1. The van der Waals surface area contributed by atoms with Crippen LogP contribution in [0.3, 0.4) is 0 Å². The molecule has 0 aromatic carbocycles. The third-order valence-electron chi connectivity index (χ3n) is 2.68. The Bertz CT molecular complexity index is 261. The van der Waals surface area contributed by atoms with Gasteiger partial charge < -0.3 is 10.6 Å². The first-order valence-electron chi connectivity index (χ1n) is 6.14. The van der Waals surface area contributed by atoms with Gasteiger partial charge in [-0.05, 0) is 32.9 Å². The lowest BCUT2D eigenvalue weighted by atomic mass is 10.2. The fourth-order valence-electron chi connectivity index (χ4n) is 1.74. The molecule has 0 spiro atoms. The van der Waals surface area contributed by atoms with Crippen LogP contribution < -0.4 is 10.6 Å². The average molecular weight is 241 g/mol. The topological polar surface area (TPSA) is 37.0 Å². The van der Waals surface area contributed by atoms with Crippen molar-refractivity contribution in [3.8, 4) is 0 Å². The summed E-state index contributed by atoms with van der Waals surface area (Å²) in [6.07, 6.45) is 4.14. The quantitative estimate of drug-likeness (QED) is 0.734. The largest absolute Gasteiger partial charge is 0.314 e. The van der Waals surface area contributed by atoms with Gasteiger partial charge in [-0.25, -0.2) is 4.98 Å². The third-order valence-corrected chi connectivity index (χ3v) is 3.57. The molecule has 0 saturated carbocycles. The van der Waals surface area contributed by atoms with E-state index in [1.165, 1.54) is 5.01 Å². The van der Waals surface area contributed by atoms with Crippen molar-refractivity contribution in [3.05, 3.63) is 16.6 Å². The van der Waals surface area contributed by atoms with Gasteiger partial charge >= 0.3 is 0 Å². The highest BCUT2D eigenvalue weighted by atomic mass is 32.1. The normalized spacial score (nSPS) is 14.9. The maximum Gasteiger partial charge on any atom is 0.109 e. The van der Waals surface area contributed by atoms with E-state index in [0.29, 0.717) is 12.1 Å². The van der Waals surface area contributed by atoms with Crippen molar-refractivity contribution in [2.45, 2.75) is 45.7 Å². The van der Waals surface area contributed by atoms with Gasteiger partial charge in [0.1, 0.15) is 5.01 Å². The van der Waals surface area contributed by atoms with Gasteiger partial charge in [-0.15, -0.1) is 11.3 Å². The molecule has 3 nitrogen and oxygen atoms in total. The first-order valence-corrected chi connectivity index (χ1v) is 7.02. The Labute approximate surface area is 103 Å². The number of rotatable bonds is 8. The molecule has 0 radical (unpaired) electrons. The minimum Gasteiger partial charge on any atom is -0.314 e. The van der Waals surface area contributed by atoms with Crippen LogP contribution in [-0.4, -0.2) is 24.1 Å². The molecule has 2 unspecified atom stereocenters. The zero-order valence-corrected chi connectivity index (χ0v) is 11.3. The molecular weight excluding hydrogens is 218 g/mol. The lowest BCUT2D eigenvalue weighted by molar-refractivity contribution is 0.458. The van der Waals surface area contributed by atoms with Gasteiger partial charge in [0.2, 0.25) is 0 Å². The van der Waals surface area contributed by atoms with Crippen LogP contribution in [-0.2, 0) is 0 Å². The van der Waals surface area contributed by atoms with Crippen LogP contribution in [0.15, 0.2) is 11.6 Å². The molecule has 0 aliphatic carbocycles. The molecule has 0 bridgehead atoms. The second-order valence-corrected chi connectivity index (χ2v) is 4.96. The van der Waals surface area contributed by atoms with Crippen molar-refractivity contribution < 1.29 is 0 Å². The molecule has 0 fully saturated rings. The molecule has 1 heterocycles. The Morgan fingerprint density at radius 1 is 1.38 bits per heavy atom. The monoisotopic (exact) mass is 241 g/mol. The number of hydrogen-bond acceptors (Lipinski definition) is 4. The van der Waals surface area contributed by atoms with Crippen molar-refractivity contribution in [1.29, 1.82) is 0 Å². The lowest BCUT2D eigenvalue weighted by Crippen LogP contribution is -2.31. The van der Waals surface area contributed by atoms with Crippen molar-refractivity contribution in [3.63, 3.8) is 0 Å². The second-order valence-electron chi connectivity index (χ2n) is 4.03. The summed E-state index contributed by atoms with van der Waals surface area (Å²) < 4.78 is 0. The molecule has 2 atom stereocenters. The predicted octanol–water partition coefficient (Wildman–Crippen LogP) is 2.57. The average Bonchev–Trinajstić information content (AvgIpc) is 2.78. The molecule has 16 heavy (non-hydrogen) atoms. The number of nitrogens with one attached hydrogen (secondary N) is 2. The highest BCUT2D eigenvalue weighted by Gasteiger charge is 2.11. The van der Waals surface area contributed by atoms with E-state index in [4.69, 9.17) is 0 Å². The van der Waals surface area contributed by atoms with Gasteiger partial charge in [0, 0.05) is 17.6 Å². The summed E-state index contributed by atoms with van der Waals surface area (Å²) >= 11 is 1.74. The van der Waals surface area contributed by atoms with Crippen molar-refractivity contribution in [1.82, 2.24) is 15.6 Å². The van der Waals surface area contributed by atoms with Crippen LogP contribution in [0.2, 0.25) is 0 Å². The molecule has 0 aliphatic heterocycles. The maximum absolute atomic E-state index is 4.36. The molecule has 1 rings (SSSR count). The number of aromatic nitrogens is 1. The van der Waals surface area contributed by atoms with Crippen molar-refractivity contribution in [2.24, 2.45) is 0 Å². The van der Waals surface area contributed by atoms with Gasteiger partial charge in [-0.2, -0.15) is 0 Å². The smallest absolute Gasteiger partial charge is 0.109 e. The Morgan fingerprint density at radius 2 is 2.19 bits per heavy atom. The van der Waals surface area contributed by atoms with Gasteiger partial charge in [-0.1, -0.05) is 13.8 Å². The summed E-state index contributed by atoms with van der Waals surface area (Å²) in [6.45, 7) is 8.67. The summed E-state index contributed by atoms with van der Waals surface area (Å²) in [6, 6.07) is 1.01. The van der Waals surface area contributed by atoms with E-state index in [-0.39, 0.29) is 0 Å². The number of hydrogen-bond donors (Lipinski definition) is 2. The lowest BCUT2D eigenvalue weighted by Gasteiger charge is -2.17. The highest BCUT2D eigenvalue weighted by molar-refractivity contribution is 7.09. The van der Waals surface area contributed by atoms with Crippen LogP contribution >= 0.6 is 11.3 Å². The highest BCUT2D eigenvalue weighted by Crippen LogP contribution is 2.18. The zero-order valence-electron chi connectivity index (χ0n) is 10.5. The summed E-state index contributed by atoms with van der Waals surface area (Å²) in [5, 5.41) is 10.2. The van der Waals surface area contributed by atoms with E-state index in [1.54, 1.807) is 11.3 Å². The van der Waals surface area contributed by atoms with E-state index in [9.17, 15) is 0 Å². The van der Waals surface area contributed by atoms with E-state index >= 15 is 0 Å². The van der Waals surface area contributed by atoms with Crippen LogP contribution in [0, 0.1) is 0 Å². The fraction of sp³-hybridized carbons (Fsp3) is 0.750. The van der Waals surface area contributed by atoms with Gasteiger partial charge in [0.05, 0.1) is 6.04 Å². The molecule has 0 aliphatic rings. The fourth-order valence-corrected chi connectivity index (χ4v) is 2.53. The molecule has 1 aromatic heterocycles. The van der Waals surface area contributed by atoms with Crippen molar-refractivity contribution >= 4 is 11.3 Å². The van der Waals surface area contributed by atoms with E-state index < -0.39 is 0 Å². The Hall–Kier alpha value is -0.450. The summed E-state index contributed by atoms with van der Waals surface area (Å²) in [5.74, 6) is 0. The molecule has 2 N–H and O–H groups in total. The molecular formula is C12H23N3S. The molecule has 0 amide bonds. The van der Waals surface area contributed by atoms with Gasteiger partial charge in [0.15, 0.2) is 0 Å². The summed E-state index contributed by atoms with van der Waals surface area (Å²) in [5.41, 5.74) is 0.